The lowest BCUT2D eigenvalue weighted by atomic mass is 10.0. The Labute approximate surface area is 119 Å². The number of amides is 1. The molecule has 1 amide bonds. The topological polar surface area (TPSA) is 62.1 Å². The van der Waals surface area contributed by atoms with E-state index in [0.29, 0.717) is 12.7 Å². The van der Waals surface area contributed by atoms with Gasteiger partial charge >= 0.3 is 6.18 Å². The van der Waals surface area contributed by atoms with Gasteiger partial charge in [0.1, 0.15) is 12.2 Å². The van der Waals surface area contributed by atoms with E-state index in [9.17, 15) is 18.0 Å². The van der Waals surface area contributed by atoms with Crippen molar-refractivity contribution in [2.24, 2.45) is 5.92 Å². The van der Waals surface area contributed by atoms with Crippen LogP contribution in [-0.4, -0.2) is 18.6 Å². The number of hydrogen-bond donors (Lipinski definition) is 1. The molecule has 0 aliphatic carbocycles. The van der Waals surface area contributed by atoms with Crippen LogP contribution >= 0.6 is 0 Å². The number of nitriles is 1. The van der Waals surface area contributed by atoms with Gasteiger partial charge in [0.2, 0.25) is 0 Å². The first-order chi connectivity index (χ1) is 9.82. The van der Waals surface area contributed by atoms with Gasteiger partial charge in [0.25, 0.3) is 5.91 Å². The minimum absolute atomic E-state index is 0.0324. The maximum atomic E-state index is 12.6. The SMILES string of the molecule is CC1CCOC1C(=O)Nc1ccc(C(F)(F)F)cc1C#N. The Kier molecular flexibility index (Phi) is 4.19. The Morgan fingerprint density at radius 3 is 2.71 bits per heavy atom. The summed E-state index contributed by atoms with van der Waals surface area (Å²) in [6, 6.07) is 4.29. The van der Waals surface area contributed by atoms with Gasteiger partial charge in [-0.2, -0.15) is 18.4 Å². The van der Waals surface area contributed by atoms with Crippen molar-refractivity contribution in [2.75, 3.05) is 11.9 Å². The molecule has 1 N–H and O–H groups in total. The minimum atomic E-state index is -4.53. The molecule has 0 saturated carbocycles. The van der Waals surface area contributed by atoms with Gasteiger partial charge in [-0.1, -0.05) is 6.92 Å². The number of nitrogens with zero attached hydrogens (tertiary/aromatic N) is 1. The zero-order valence-electron chi connectivity index (χ0n) is 11.2. The first kappa shape index (κ1) is 15.3. The summed E-state index contributed by atoms with van der Waals surface area (Å²) >= 11 is 0. The lowest BCUT2D eigenvalue weighted by molar-refractivity contribution is -0.137. The molecule has 2 unspecified atom stereocenters. The van der Waals surface area contributed by atoms with E-state index in [1.807, 2.05) is 6.92 Å². The van der Waals surface area contributed by atoms with Crippen LogP contribution in [0.25, 0.3) is 0 Å². The zero-order valence-corrected chi connectivity index (χ0v) is 11.2. The van der Waals surface area contributed by atoms with Crippen LogP contribution in [0.1, 0.15) is 24.5 Å². The second-order valence-corrected chi connectivity index (χ2v) is 4.92. The first-order valence-electron chi connectivity index (χ1n) is 6.36. The van der Waals surface area contributed by atoms with Gasteiger partial charge in [-0.3, -0.25) is 4.79 Å². The normalized spacial score (nSPS) is 21.9. The van der Waals surface area contributed by atoms with Gasteiger partial charge in [0.05, 0.1) is 16.8 Å². The number of rotatable bonds is 2. The predicted octanol–water partition coefficient (Wildman–Crippen LogP) is 2.94. The average molecular weight is 298 g/mol. The molecule has 21 heavy (non-hydrogen) atoms. The fourth-order valence-electron chi connectivity index (χ4n) is 2.16. The van der Waals surface area contributed by atoms with Gasteiger partial charge < -0.3 is 10.1 Å². The molecule has 1 heterocycles. The van der Waals surface area contributed by atoms with Crippen molar-refractivity contribution in [3.63, 3.8) is 0 Å². The van der Waals surface area contributed by atoms with Gasteiger partial charge in [-0.15, -0.1) is 0 Å². The number of carbonyl (C=O) groups excluding carboxylic acids is 1. The molecule has 7 heteroatoms. The number of ether oxygens (including phenoxy) is 1. The van der Waals surface area contributed by atoms with Gasteiger partial charge in [-0.25, -0.2) is 0 Å². The highest BCUT2D eigenvalue weighted by atomic mass is 19.4. The van der Waals surface area contributed by atoms with Gasteiger partial charge in [0.15, 0.2) is 0 Å². The molecule has 0 aromatic heterocycles. The lowest BCUT2D eigenvalue weighted by Crippen LogP contribution is -2.31. The van der Waals surface area contributed by atoms with E-state index in [2.05, 4.69) is 5.32 Å². The number of anilines is 1. The average Bonchev–Trinajstić information content (AvgIpc) is 2.84. The van der Waals surface area contributed by atoms with Gasteiger partial charge in [-0.05, 0) is 30.5 Å². The smallest absolute Gasteiger partial charge is 0.368 e. The zero-order chi connectivity index (χ0) is 15.6. The summed E-state index contributed by atoms with van der Waals surface area (Å²) in [7, 11) is 0. The molecule has 0 bridgehead atoms. The highest BCUT2D eigenvalue weighted by molar-refractivity contribution is 5.95. The van der Waals surface area contributed by atoms with Crippen molar-refractivity contribution >= 4 is 11.6 Å². The Balaban J connectivity index is 2.21. The quantitative estimate of drug-likeness (QED) is 0.913. The maximum Gasteiger partial charge on any atom is 0.416 e. The molecule has 1 aliphatic heterocycles. The number of hydrogen-bond acceptors (Lipinski definition) is 3. The summed E-state index contributed by atoms with van der Waals surface area (Å²) in [5.74, 6) is -0.416. The van der Waals surface area contributed by atoms with Crippen LogP contribution in [0.3, 0.4) is 0 Å². The molecule has 0 radical (unpaired) electrons. The Bertz CT molecular complexity index is 593. The fourth-order valence-corrected chi connectivity index (χ4v) is 2.16. The van der Waals surface area contributed by atoms with Gasteiger partial charge in [0, 0.05) is 6.61 Å². The third kappa shape index (κ3) is 3.34. The van der Waals surface area contributed by atoms with Crippen LogP contribution in [0.2, 0.25) is 0 Å². The van der Waals surface area contributed by atoms with Crippen molar-refractivity contribution in [3.05, 3.63) is 29.3 Å². The second-order valence-electron chi connectivity index (χ2n) is 4.92. The molecule has 1 saturated heterocycles. The fraction of sp³-hybridized carbons (Fsp3) is 0.429. The number of halogens is 3. The predicted molar refractivity (Wildman–Crippen MR) is 68.3 cm³/mol. The monoisotopic (exact) mass is 298 g/mol. The standard InChI is InChI=1S/C14H13F3N2O2/c1-8-4-5-21-12(8)13(20)19-11-3-2-10(14(15,16)17)6-9(11)7-18/h2-3,6,8,12H,4-5H2,1H3,(H,19,20). The molecule has 4 nitrogen and oxygen atoms in total. The molecule has 0 spiro atoms. The molecule has 2 rings (SSSR count). The Morgan fingerprint density at radius 2 is 2.19 bits per heavy atom. The third-order valence-corrected chi connectivity index (χ3v) is 3.37. The molecule has 1 fully saturated rings. The molecule has 1 aliphatic rings. The van der Waals surface area contributed by atoms with E-state index in [4.69, 9.17) is 10.00 Å². The number of alkyl halides is 3. The van der Waals surface area contributed by atoms with Crippen molar-refractivity contribution in [1.82, 2.24) is 0 Å². The summed E-state index contributed by atoms with van der Waals surface area (Å²) in [4.78, 5) is 12.0. The summed E-state index contributed by atoms with van der Waals surface area (Å²) in [6.07, 6.45) is -4.42. The molecule has 1 aromatic rings. The lowest BCUT2D eigenvalue weighted by Gasteiger charge is -2.16. The molecule has 1 aromatic carbocycles. The largest absolute Gasteiger partial charge is 0.416 e. The van der Waals surface area contributed by atoms with Crippen LogP contribution in [0, 0.1) is 17.2 Å². The van der Waals surface area contributed by atoms with E-state index >= 15 is 0 Å². The number of carbonyl (C=O) groups is 1. The van der Waals surface area contributed by atoms with E-state index < -0.39 is 23.8 Å². The summed E-state index contributed by atoms with van der Waals surface area (Å²) < 4.78 is 43.0. The summed E-state index contributed by atoms with van der Waals surface area (Å²) in [6.45, 7) is 2.33. The molecule has 2 atom stereocenters. The second kappa shape index (κ2) is 5.74. The van der Waals surface area contributed by atoms with E-state index in [1.165, 1.54) is 0 Å². The Hall–Kier alpha value is -2.07. The van der Waals surface area contributed by atoms with Crippen molar-refractivity contribution < 1.29 is 22.7 Å². The van der Waals surface area contributed by atoms with Crippen LogP contribution in [0.5, 0.6) is 0 Å². The van der Waals surface area contributed by atoms with Crippen LogP contribution in [0.15, 0.2) is 18.2 Å². The molecular weight excluding hydrogens is 285 g/mol. The number of benzene rings is 1. The summed E-state index contributed by atoms with van der Waals surface area (Å²) in [5, 5.41) is 11.4. The minimum Gasteiger partial charge on any atom is -0.368 e. The van der Waals surface area contributed by atoms with Crippen LogP contribution in [0.4, 0.5) is 18.9 Å². The number of nitrogens with one attached hydrogen (secondary N) is 1. The molecule has 112 valence electrons. The highest BCUT2D eigenvalue weighted by Crippen LogP contribution is 2.32. The van der Waals surface area contributed by atoms with Crippen LogP contribution in [-0.2, 0) is 15.7 Å². The summed E-state index contributed by atoms with van der Waals surface area (Å²) in [5.41, 5.74) is -1.11. The van der Waals surface area contributed by atoms with Crippen molar-refractivity contribution in [2.45, 2.75) is 25.6 Å². The maximum absolute atomic E-state index is 12.6. The van der Waals surface area contributed by atoms with Crippen LogP contribution < -0.4 is 5.32 Å². The highest BCUT2D eigenvalue weighted by Gasteiger charge is 2.33. The Morgan fingerprint density at radius 1 is 1.48 bits per heavy atom. The van der Waals surface area contributed by atoms with E-state index in [0.717, 1.165) is 18.6 Å². The van der Waals surface area contributed by atoms with Crippen molar-refractivity contribution in [1.29, 1.82) is 5.26 Å². The van der Waals surface area contributed by atoms with E-state index in [-0.39, 0.29) is 17.2 Å². The van der Waals surface area contributed by atoms with E-state index in [1.54, 1.807) is 6.07 Å². The first-order valence-corrected chi connectivity index (χ1v) is 6.36. The third-order valence-electron chi connectivity index (χ3n) is 3.37. The molecular formula is C14H13F3N2O2. The van der Waals surface area contributed by atoms with Crippen molar-refractivity contribution in [3.8, 4) is 6.07 Å².